The first-order chi connectivity index (χ1) is 11.5. The van der Waals surface area contributed by atoms with E-state index in [1.54, 1.807) is 43.3 Å². The van der Waals surface area contributed by atoms with Crippen LogP contribution in [0, 0.1) is 0 Å². The van der Waals surface area contributed by atoms with Crippen LogP contribution in [-0.4, -0.2) is 23.6 Å². The summed E-state index contributed by atoms with van der Waals surface area (Å²) in [7, 11) is 0. The molecule has 0 radical (unpaired) electrons. The number of nitrogens with one attached hydrogen (secondary N) is 3. The highest BCUT2D eigenvalue weighted by Crippen LogP contribution is 2.21. The van der Waals surface area contributed by atoms with Crippen LogP contribution in [0.5, 0.6) is 0 Å². The van der Waals surface area contributed by atoms with Gasteiger partial charge in [-0.15, -0.1) is 11.3 Å². The summed E-state index contributed by atoms with van der Waals surface area (Å²) < 4.78 is 5.78. The predicted octanol–water partition coefficient (Wildman–Crippen LogP) is 3.32. The van der Waals surface area contributed by atoms with Gasteiger partial charge in [-0.1, -0.05) is 0 Å². The summed E-state index contributed by atoms with van der Waals surface area (Å²) >= 11 is 9.72. The van der Waals surface area contributed by atoms with E-state index in [2.05, 4.69) is 32.1 Å². The third-order valence-corrected chi connectivity index (χ3v) is 4.57. The number of hydrogen-bond acceptors (Lipinski definition) is 5. The molecular weight excluding hydrogens is 414 g/mol. The van der Waals surface area contributed by atoms with Gasteiger partial charge < -0.3 is 10.1 Å². The van der Waals surface area contributed by atoms with Crippen LogP contribution in [0.2, 0.25) is 0 Å². The van der Waals surface area contributed by atoms with E-state index >= 15 is 0 Å². The molecule has 0 fully saturated rings. The molecule has 6 nitrogen and oxygen atoms in total. The predicted molar refractivity (Wildman–Crippen MR) is 101 cm³/mol. The summed E-state index contributed by atoms with van der Waals surface area (Å²) in [6.07, 6.45) is 0. The summed E-state index contributed by atoms with van der Waals surface area (Å²) in [6, 6.07) is 10.1. The Labute approximate surface area is 156 Å². The fraction of sp³-hybridized carbons (Fsp3) is 0.133. The number of anilines is 1. The fourth-order valence-electron chi connectivity index (χ4n) is 1.68. The molecule has 9 heteroatoms. The average Bonchev–Trinajstić information content (AvgIpc) is 3.00. The lowest BCUT2D eigenvalue weighted by Gasteiger charge is -2.11. The summed E-state index contributed by atoms with van der Waals surface area (Å²) in [5, 5.41) is 3.12. The highest BCUT2D eigenvalue weighted by molar-refractivity contribution is 9.11. The molecule has 1 amide bonds. The summed E-state index contributed by atoms with van der Waals surface area (Å²) in [4.78, 5) is 24.0. The Morgan fingerprint density at radius 1 is 1.17 bits per heavy atom. The molecule has 0 saturated heterocycles. The van der Waals surface area contributed by atoms with Crippen molar-refractivity contribution in [1.29, 1.82) is 0 Å². The Balaban J connectivity index is 1.84. The minimum absolute atomic E-state index is 0.225. The van der Waals surface area contributed by atoms with Crippen molar-refractivity contribution in [3.05, 3.63) is 50.6 Å². The molecule has 0 aliphatic carbocycles. The van der Waals surface area contributed by atoms with Crippen molar-refractivity contribution in [2.75, 3.05) is 11.9 Å². The number of esters is 1. The molecule has 0 aliphatic heterocycles. The molecule has 0 atom stereocenters. The van der Waals surface area contributed by atoms with E-state index in [0.29, 0.717) is 22.7 Å². The van der Waals surface area contributed by atoms with Crippen LogP contribution in [0.4, 0.5) is 5.69 Å². The van der Waals surface area contributed by atoms with Gasteiger partial charge in [-0.3, -0.25) is 15.6 Å². The van der Waals surface area contributed by atoms with Crippen molar-refractivity contribution in [1.82, 2.24) is 10.9 Å². The highest BCUT2D eigenvalue weighted by Gasteiger charge is 2.09. The molecule has 1 aromatic heterocycles. The zero-order valence-electron chi connectivity index (χ0n) is 12.6. The molecule has 0 aliphatic rings. The normalized spacial score (nSPS) is 9.92. The number of halogens is 1. The zero-order valence-corrected chi connectivity index (χ0v) is 15.8. The topological polar surface area (TPSA) is 79.5 Å². The highest BCUT2D eigenvalue weighted by atomic mass is 79.9. The van der Waals surface area contributed by atoms with E-state index < -0.39 is 0 Å². The number of thiophene rings is 1. The molecule has 0 spiro atoms. The van der Waals surface area contributed by atoms with Crippen LogP contribution in [0.3, 0.4) is 0 Å². The second kappa shape index (κ2) is 8.76. The first kappa shape index (κ1) is 18.4. The van der Waals surface area contributed by atoms with Gasteiger partial charge in [0.2, 0.25) is 0 Å². The third kappa shape index (κ3) is 5.29. The van der Waals surface area contributed by atoms with Crippen molar-refractivity contribution >= 4 is 62.2 Å². The van der Waals surface area contributed by atoms with Crippen LogP contribution >= 0.6 is 39.5 Å². The lowest BCUT2D eigenvalue weighted by molar-refractivity contribution is 0.0526. The lowest BCUT2D eigenvalue weighted by atomic mass is 10.2. The minimum Gasteiger partial charge on any atom is -0.462 e. The van der Waals surface area contributed by atoms with Crippen LogP contribution < -0.4 is 16.2 Å². The van der Waals surface area contributed by atoms with Gasteiger partial charge in [0.15, 0.2) is 5.11 Å². The van der Waals surface area contributed by atoms with Crippen molar-refractivity contribution < 1.29 is 14.3 Å². The first-order valence-electron chi connectivity index (χ1n) is 6.89. The molecule has 1 heterocycles. The molecule has 0 unspecified atom stereocenters. The maximum Gasteiger partial charge on any atom is 0.338 e. The summed E-state index contributed by atoms with van der Waals surface area (Å²) in [5.41, 5.74) is 6.25. The SMILES string of the molecule is CCOC(=O)c1ccc(NC(=S)NNC(=O)c2ccc(Br)s2)cc1. The van der Waals surface area contributed by atoms with Crippen LogP contribution in [0.1, 0.15) is 27.0 Å². The maximum atomic E-state index is 11.9. The second-order valence-electron chi connectivity index (χ2n) is 4.43. The number of carbonyl (C=O) groups excluding carboxylic acids is 2. The minimum atomic E-state index is -0.376. The molecule has 2 aromatic rings. The van der Waals surface area contributed by atoms with Crippen molar-refractivity contribution in [3.63, 3.8) is 0 Å². The lowest BCUT2D eigenvalue weighted by Crippen LogP contribution is -2.43. The summed E-state index contributed by atoms with van der Waals surface area (Å²) in [6.45, 7) is 2.08. The van der Waals surface area contributed by atoms with Gasteiger partial charge >= 0.3 is 5.97 Å². The number of hydrogen-bond donors (Lipinski definition) is 3. The third-order valence-electron chi connectivity index (χ3n) is 2.74. The number of hydrazine groups is 1. The second-order valence-corrected chi connectivity index (χ2v) is 7.31. The van der Waals surface area contributed by atoms with Crippen molar-refractivity contribution in [3.8, 4) is 0 Å². The first-order valence-corrected chi connectivity index (χ1v) is 8.91. The van der Waals surface area contributed by atoms with E-state index in [0.717, 1.165) is 3.79 Å². The molecule has 0 bridgehead atoms. The average molecular weight is 428 g/mol. The Morgan fingerprint density at radius 3 is 2.46 bits per heavy atom. The molecule has 2 rings (SSSR count). The van der Waals surface area contributed by atoms with E-state index in [-0.39, 0.29) is 17.0 Å². The Hall–Kier alpha value is -1.97. The smallest absolute Gasteiger partial charge is 0.338 e. The van der Waals surface area contributed by atoms with Crippen LogP contribution in [0.25, 0.3) is 0 Å². The monoisotopic (exact) mass is 427 g/mol. The number of amides is 1. The molecule has 3 N–H and O–H groups in total. The van der Waals surface area contributed by atoms with Gasteiger partial charge in [0, 0.05) is 5.69 Å². The Kier molecular flexibility index (Phi) is 6.71. The Morgan fingerprint density at radius 2 is 1.88 bits per heavy atom. The van der Waals surface area contributed by atoms with Crippen molar-refractivity contribution in [2.24, 2.45) is 0 Å². The van der Waals surface area contributed by atoms with Gasteiger partial charge in [-0.2, -0.15) is 0 Å². The Bertz CT molecular complexity index is 747. The standard InChI is InChI=1S/C15H14BrN3O3S2/c1-2-22-14(21)9-3-5-10(6-4-9)17-15(23)19-18-13(20)11-7-8-12(16)24-11/h3-8H,2H2,1H3,(H,18,20)(H2,17,19,23). The van der Waals surface area contributed by atoms with Gasteiger partial charge in [0.05, 0.1) is 20.8 Å². The van der Waals surface area contributed by atoms with E-state index in [9.17, 15) is 9.59 Å². The van der Waals surface area contributed by atoms with E-state index in [4.69, 9.17) is 17.0 Å². The van der Waals surface area contributed by atoms with E-state index in [1.807, 2.05) is 0 Å². The van der Waals surface area contributed by atoms with Gasteiger partial charge in [-0.25, -0.2) is 4.79 Å². The van der Waals surface area contributed by atoms with E-state index in [1.165, 1.54) is 11.3 Å². The largest absolute Gasteiger partial charge is 0.462 e. The number of carbonyl (C=O) groups is 2. The number of rotatable bonds is 4. The number of benzene rings is 1. The van der Waals surface area contributed by atoms with Gasteiger partial charge in [0.25, 0.3) is 5.91 Å². The number of ether oxygens (including phenoxy) is 1. The quantitative estimate of drug-likeness (QED) is 0.394. The van der Waals surface area contributed by atoms with Gasteiger partial charge in [-0.05, 0) is 71.5 Å². The van der Waals surface area contributed by atoms with Gasteiger partial charge in [0.1, 0.15) is 0 Å². The molecular formula is C15H14BrN3O3S2. The van der Waals surface area contributed by atoms with Crippen LogP contribution in [-0.2, 0) is 4.74 Å². The molecule has 126 valence electrons. The number of thiocarbonyl (C=S) groups is 1. The van der Waals surface area contributed by atoms with Crippen LogP contribution in [0.15, 0.2) is 40.2 Å². The molecule has 0 saturated carbocycles. The molecule has 24 heavy (non-hydrogen) atoms. The molecule has 1 aromatic carbocycles. The maximum absolute atomic E-state index is 11.9. The van der Waals surface area contributed by atoms with Crippen molar-refractivity contribution in [2.45, 2.75) is 6.92 Å². The zero-order chi connectivity index (χ0) is 17.5. The summed E-state index contributed by atoms with van der Waals surface area (Å²) in [5.74, 6) is -0.661. The fourth-order valence-corrected chi connectivity index (χ4v) is 3.13.